The third-order valence-electron chi connectivity index (χ3n) is 4.75. The normalized spacial score (nSPS) is 16.0. The third kappa shape index (κ3) is 3.03. The van der Waals surface area contributed by atoms with Gasteiger partial charge in [-0.3, -0.25) is 9.48 Å². The van der Waals surface area contributed by atoms with E-state index in [0.29, 0.717) is 18.2 Å². The fraction of sp³-hybridized carbons (Fsp3) is 0.273. The molecule has 0 saturated heterocycles. The van der Waals surface area contributed by atoms with E-state index in [1.165, 1.54) is 0 Å². The molecule has 132 valence electrons. The molecule has 1 aliphatic rings. The van der Waals surface area contributed by atoms with Gasteiger partial charge in [0.15, 0.2) is 0 Å². The Bertz CT molecular complexity index is 913. The second-order valence-corrected chi connectivity index (χ2v) is 7.27. The summed E-state index contributed by atoms with van der Waals surface area (Å²) in [7, 11) is 0. The van der Waals surface area contributed by atoms with Crippen molar-refractivity contribution < 1.29 is 4.79 Å². The molecule has 0 spiro atoms. The number of hydrogen-bond donors (Lipinski definition) is 1. The number of carbonyl (C=O) groups is 1. The number of rotatable bonds is 5. The van der Waals surface area contributed by atoms with Crippen LogP contribution in [0.15, 0.2) is 60.7 Å². The summed E-state index contributed by atoms with van der Waals surface area (Å²) in [5.41, 5.74) is 5.02. The van der Waals surface area contributed by atoms with E-state index in [1.807, 2.05) is 41.1 Å². The van der Waals surface area contributed by atoms with Crippen molar-refractivity contribution in [3.63, 3.8) is 0 Å². The number of benzene rings is 2. The summed E-state index contributed by atoms with van der Waals surface area (Å²) in [4.78, 5) is 12.8. The molecule has 3 aromatic rings. The van der Waals surface area contributed by atoms with Crippen molar-refractivity contribution in [2.24, 2.45) is 5.92 Å². The number of nitrogens with one attached hydrogen (secondary N) is 1. The molecule has 0 fully saturated rings. The summed E-state index contributed by atoms with van der Waals surface area (Å²) >= 11 is 0. The van der Waals surface area contributed by atoms with Crippen LogP contribution in [0.4, 0.5) is 0 Å². The van der Waals surface area contributed by atoms with Gasteiger partial charge in [0.25, 0.3) is 5.91 Å². The fourth-order valence-corrected chi connectivity index (χ4v) is 3.64. The van der Waals surface area contributed by atoms with E-state index in [2.05, 4.69) is 43.4 Å². The lowest BCUT2D eigenvalue weighted by Gasteiger charge is -2.13. The molecule has 4 rings (SSSR count). The topological polar surface area (TPSA) is 46.9 Å². The molecule has 0 bridgehead atoms. The molecule has 1 aromatic heterocycles. The summed E-state index contributed by atoms with van der Waals surface area (Å²) in [5.74, 6) is 0.443. The molecule has 2 heterocycles. The summed E-state index contributed by atoms with van der Waals surface area (Å²) in [5, 5.41) is 8.00. The van der Waals surface area contributed by atoms with E-state index < -0.39 is 0 Å². The molecular formula is C22H23N3O. The molecule has 0 aliphatic carbocycles. The van der Waals surface area contributed by atoms with Crippen molar-refractivity contribution in [2.75, 3.05) is 0 Å². The van der Waals surface area contributed by atoms with Gasteiger partial charge >= 0.3 is 0 Å². The number of hydrogen-bond acceptors (Lipinski definition) is 2. The maximum absolute atomic E-state index is 12.8. The van der Waals surface area contributed by atoms with Crippen LogP contribution in [-0.2, 0) is 13.0 Å². The van der Waals surface area contributed by atoms with Crippen LogP contribution in [0.25, 0.3) is 0 Å². The Balaban J connectivity index is 1.80. The van der Waals surface area contributed by atoms with Crippen LogP contribution >= 0.6 is 0 Å². The van der Waals surface area contributed by atoms with Crippen LogP contribution in [-0.4, -0.2) is 15.7 Å². The van der Waals surface area contributed by atoms with Crippen LogP contribution in [0.5, 0.6) is 0 Å². The SMILES string of the molecule is CC(C)Cc1nn(Cc2ccccc2)c2c1C(c1ccccc1)NC2=O. The largest absolute Gasteiger partial charge is 0.340 e. The van der Waals surface area contributed by atoms with Gasteiger partial charge < -0.3 is 5.32 Å². The summed E-state index contributed by atoms with van der Waals surface area (Å²) in [6.07, 6.45) is 0.864. The van der Waals surface area contributed by atoms with Gasteiger partial charge in [-0.05, 0) is 23.5 Å². The highest BCUT2D eigenvalue weighted by Crippen LogP contribution is 2.34. The number of nitrogens with zero attached hydrogens (tertiary/aromatic N) is 2. The molecule has 4 heteroatoms. The van der Waals surface area contributed by atoms with Gasteiger partial charge in [-0.15, -0.1) is 0 Å². The number of aromatic nitrogens is 2. The first-order valence-corrected chi connectivity index (χ1v) is 9.13. The van der Waals surface area contributed by atoms with E-state index in [4.69, 9.17) is 5.10 Å². The molecule has 1 unspecified atom stereocenters. The van der Waals surface area contributed by atoms with Gasteiger partial charge in [0.2, 0.25) is 0 Å². The molecular weight excluding hydrogens is 322 g/mol. The summed E-state index contributed by atoms with van der Waals surface area (Å²) in [6.45, 7) is 4.98. The van der Waals surface area contributed by atoms with Crippen LogP contribution in [0.3, 0.4) is 0 Å². The van der Waals surface area contributed by atoms with Crippen LogP contribution in [0, 0.1) is 5.92 Å². The summed E-state index contributed by atoms with van der Waals surface area (Å²) in [6, 6.07) is 20.2. The molecule has 26 heavy (non-hydrogen) atoms. The molecule has 1 N–H and O–H groups in total. The van der Waals surface area contributed by atoms with E-state index in [-0.39, 0.29) is 11.9 Å². The van der Waals surface area contributed by atoms with E-state index in [9.17, 15) is 4.79 Å². The van der Waals surface area contributed by atoms with Crippen molar-refractivity contribution in [2.45, 2.75) is 32.9 Å². The lowest BCUT2D eigenvalue weighted by molar-refractivity contribution is 0.0950. The van der Waals surface area contributed by atoms with Gasteiger partial charge in [0.1, 0.15) is 5.69 Å². The fourth-order valence-electron chi connectivity index (χ4n) is 3.64. The molecule has 4 nitrogen and oxygen atoms in total. The Hall–Kier alpha value is -2.88. The maximum atomic E-state index is 12.8. The lowest BCUT2D eigenvalue weighted by atomic mass is 9.96. The quantitative estimate of drug-likeness (QED) is 0.761. The molecule has 0 radical (unpaired) electrons. The zero-order chi connectivity index (χ0) is 18.1. The van der Waals surface area contributed by atoms with E-state index in [1.54, 1.807) is 0 Å². The number of amides is 1. The van der Waals surface area contributed by atoms with E-state index in [0.717, 1.165) is 28.8 Å². The van der Waals surface area contributed by atoms with Crippen molar-refractivity contribution in [3.8, 4) is 0 Å². The first-order valence-electron chi connectivity index (χ1n) is 9.13. The summed E-state index contributed by atoms with van der Waals surface area (Å²) < 4.78 is 1.88. The van der Waals surface area contributed by atoms with Gasteiger partial charge in [-0.25, -0.2) is 0 Å². The standard InChI is InChI=1S/C22H23N3O/c1-15(2)13-18-19-20(17-11-7-4-8-12-17)23-22(26)21(19)25(24-18)14-16-9-5-3-6-10-16/h3-12,15,20H,13-14H2,1-2H3,(H,23,26). The molecule has 0 saturated carbocycles. The van der Waals surface area contributed by atoms with Crippen LogP contribution in [0.2, 0.25) is 0 Å². The lowest BCUT2D eigenvalue weighted by Crippen LogP contribution is -2.23. The minimum Gasteiger partial charge on any atom is -0.340 e. The predicted octanol–water partition coefficient (Wildman–Crippen LogP) is 3.96. The monoisotopic (exact) mass is 345 g/mol. The van der Waals surface area contributed by atoms with Gasteiger partial charge in [0.05, 0.1) is 18.3 Å². The van der Waals surface area contributed by atoms with Crippen molar-refractivity contribution in [1.82, 2.24) is 15.1 Å². The average Bonchev–Trinajstić information content (AvgIpc) is 3.16. The smallest absolute Gasteiger partial charge is 0.270 e. The Kier molecular flexibility index (Phi) is 4.33. The minimum absolute atomic E-state index is 0.0349. The second kappa shape index (κ2) is 6.79. The molecule has 1 amide bonds. The minimum atomic E-state index is -0.114. The molecule has 1 atom stereocenters. The van der Waals surface area contributed by atoms with Gasteiger partial charge in [0, 0.05) is 5.56 Å². The first kappa shape index (κ1) is 16.6. The Labute approximate surface area is 153 Å². The molecule has 1 aliphatic heterocycles. The Morgan fingerprint density at radius 1 is 1.04 bits per heavy atom. The highest BCUT2D eigenvalue weighted by atomic mass is 16.2. The average molecular weight is 345 g/mol. The third-order valence-corrected chi connectivity index (χ3v) is 4.75. The van der Waals surface area contributed by atoms with Gasteiger partial charge in [-0.2, -0.15) is 5.10 Å². The van der Waals surface area contributed by atoms with Gasteiger partial charge in [-0.1, -0.05) is 74.5 Å². The first-order chi connectivity index (χ1) is 12.6. The van der Waals surface area contributed by atoms with Crippen LogP contribution in [0.1, 0.15) is 52.8 Å². The Morgan fingerprint density at radius 2 is 1.69 bits per heavy atom. The van der Waals surface area contributed by atoms with Crippen LogP contribution < -0.4 is 5.32 Å². The number of fused-ring (bicyclic) bond motifs is 1. The van der Waals surface area contributed by atoms with Crippen molar-refractivity contribution in [3.05, 3.63) is 88.7 Å². The predicted molar refractivity (Wildman–Crippen MR) is 102 cm³/mol. The van der Waals surface area contributed by atoms with E-state index >= 15 is 0 Å². The zero-order valence-electron chi connectivity index (χ0n) is 15.1. The zero-order valence-corrected chi connectivity index (χ0v) is 15.1. The van der Waals surface area contributed by atoms with Crippen molar-refractivity contribution in [1.29, 1.82) is 0 Å². The van der Waals surface area contributed by atoms with Crippen molar-refractivity contribution >= 4 is 5.91 Å². The highest BCUT2D eigenvalue weighted by molar-refractivity contribution is 5.98. The number of carbonyl (C=O) groups excluding carboxylic acids is 1. The highest BCUT2D eigenvalue weighted by Gasteiger charge is 2.37. The molecule has 2 aromatic carbocycles. The maximum Gasteiger partial charge on any atom is 0.270 e. The second-order valence-electron chi connectivity index (χ2n) is 7.27. The Morgan fingerprint density at radius 3 is 2.35 bits per heavy atom.